The number of carbonyl (C=O) groups excluding carboxylic acids is 1. The van der Waals surface area contributed by atoms with Crippen LogP contribution in [0.4, 0.5) is 0 Å². The molecule has 2 aromatic rings. The third kappa shape index (κ3) is 3.63. The highest BCUT2D eigenvalue weighted by molar-refractivity contribution is 5.96. The Bertz CT molecular complexity index is 764. The van der Waals surface area contributed by atoms with Crippen molar-refractivity contribution in [2.75, 3.05) is 13.7 Å². The van der Waals surface area contributed by atoms with E-state index in [2.05, 4.69) is 5.32 Å². The van der Waals surface area contributed by atoms with Gasteiger partial charge in [0.1, 0.15) is 16.9 Å². The van der Waals surface area contributed by atoms with Crippen LogP contribution in [-0.4, -0.2) is 30.6 Å². The number of benzene rings is 1. The maximum Gasteiger partial charge on any atom is 0.349 e. The molecule has 0 bridgehead atoms. The van der Waals surface area contributed by atoms with Crippen LogP contribution in [0.25, 0.3) is 11.0 Å². The van der Waals surface area contributed by atoms with Crippen molar-refractivity contribution in [1.29, 1.82) is 0 Å². The smallest absolute Gasteiger partial charge is 0.349 e. The Kier molecular flexibility index (Phi) is 4.77. The number of methoxy groups -OCH3 is 1. The Morgan fingerprint density at radius 3 is 2.77 bits per heavy atom. The summed E-state index contributed by atoms with van der Waals surface area (Å²) in [5.74, 6) is -0.980. The quantitative estimate of drug-likeness (QED) is 0.617. The summed E-state index contributed by atoms with van der Waals surface area (Å²) in [4.78, 5) is 34.2. The highest BCUT2D eigenvalue weighted by atomic mass is 16.5. The van der Waals surface area contributed by atoms with Gasteiger partial charge < -0.3 is 19.6 Å². The predicted molar refractivity (Wildman–Crippen MR) is 78.2 cm³/mol. The number of fused-ring (bicyclic) bond motifs is 1. The Morgan fingerprint density at radius 2 is 2.09 bits per heavy atom. The zero-order chi connectivity index (χ0) is 16.1. The summed E-state index contributed by atoms with van der Waals surface area (Å²) >= 11 is 0. The first-order chi connectivity index (χ1) is 10.5. The molecule has 0 saturated heterocycles. The molecular weight excluding hydrogens is 290 g/mol. The molecule has 7 heteroatoms. The molecule has 1 aromatic carbocycles. The summed E-state index contributed by atoms with van der Waals surface area (Å²) in [6.45, 7) is 0.172. The Labute approximate surface area is 125 Å². The van der Waals surface area contributed by atoms with E-state index in [0.29, 0.717) is 16.7 Å². The Morgan fingerprint density at radius 1 is 1.32 bits per heavy atom. The minimum absolute atomic E-state index is 0.0492. The number of hydrogen-bond acceptors (Lipinski definition) is 5. The molecule has 0 aliphatic heterocycles. The van der Waals surface area contributed by atoms with Crippen LogP contribution in [0.5, 0.6) is 5.75 Å². The van der Waals surface area contributed by atoms with Gasteiger partial charge >= 0.3 is 11.6 Å². The standard InChI is InChI=1S/C15H15NO6/c1-21-10-5-4-9-7-11(15(20)22-12(9)8-10)14(19)16-6-2-3-13(17)18/h4-5,7-8H,2-3,6H2,1H3,(H,16,19)(H,17,18). The zero-order valence-electron chi connectivity index (χ0n) is 11.9. The van der Waals surface area contributed by atoms with Gasteiger partial charge in [-0.1, -0.05) is 0 Å². The first kappa shape index (κ1) is 15.6. The van der Waals surface area contributed by atoms with Crippen molar-refractivity contribution < 1.29 is 23.8 Å². The molecule has 116 valence electrons. The number of aliphatic carboxylic acids is 1. The molecule has 1 heterocycles. The predicted octanol–water partition coefficient (Wildman–Crippen LogP) is 1.40. The lowest BCUT2D eigenvalue weighted by Gasteiger charge is -2.05. The van der Waals surface area contributed by atoms with E-state index < -0.39 is 17.5 Å². The highest BCUT2D eigenvalue weighted by Crippen LogP contribution is 2.20. The zero-order valence-corrected chi connectivity index (χ0v) is 11.9. The maximum atomic E-state index is 11.9. The molecule has 0 fully saturated rings. The first-order valence-corrected chi connectivity index (χ1v) is 6.63. The highest BCUT2D eigenvalue weighted by Gasteiger charge is 2.13. The molecule has 1 aromatic heterocycles. The van der Waals surface area contributed by atoms with Gasteiger partial charge in [-0.05, 0) is 24.6 Å². The third-order valence-corrected chi connectivity index (χ3v) is 3.04. The summed E-state index contributed by atoms with van der Waals surface area (Å²) in [5.41, 5.74) is -0.545. The second-order valence-electron chi connectivity index (χ2n) is 4.60. The molecule has 1 amide bonds. The first-order valence-electron chi connectivity index (χ1n) is 6.63. The van der Waals surface area contributed by atoms with E-state index in [1.54, 1.807) is 18.2 Å². The monoisotopic (exact) mass is 305 g/mol. The number of amides is 1. The lowest BCUT2D eigenvalue weighted by molar-refractivity contribution is -0.137. The van der Waals surface area contributed by atoms with Crippen molar-refractivity contribution in [1.82, 2.24) is 5.32 Å². The van der Waals surface area contributed by atoms with Gasteiger partial charge in [0.25, 0.3) is 5.91 Å². The van der Waals surface area contributed by atoms with E-state index in [4.69, 9.17) is 14.3 Å². The van der Waals surface area contributed by atoms with Crippen molar-refractivity contribution in [3.8, 4) is 5.75 Å². The van der Waals surface area contributed by atoms with E-state index in [0.717, 1.165) is 0 Å². The lowest BCUT2D eigenvalue weighted by atomic mass is 10.1. The fourth-order valence-electron chi connectivity index (χ4n) is 1.91. The van der Waals surface area contributed by atoms with Gasteiger partial charge in [-0.2, -0.15) is 0 Å². The molecule has 2 N–H and O–H groups in total. The van der Waals surface area contributed by atoms with Crippen LogP contribution >= 0.6 is 0 Å². The molecule has 0 unspecified atom stereocenters. The second-order valence-corrected chi connectivity index (χ2v) is 4.60. The number of carbonyl (C=O) groups is 2. The van der Waals surface area contributed by atoms with Gasteiger partial charge in [-0.3, -0.25) is 9.59 Å². The van der Waals surface area contributed by atoms with Crippen molar-refractivity contribution in [2.24, 2.45) is 0 Å². The molecule has 0 atom stereocenters. The van der Waals surface area contributed by atoms with Crippen LogP contribution in [0.3, 0.4) is 0 Å². The summed E-state index contributed by atoms with van der Waals surface area (Å²) in [6.07, 6.45) is 0.240. The minimum atomic E-state index is -0.937. The van der Waals surface area contributed by atoms with Gasteiger partial charge in [0.05, 0.1) is 7.11 Å². The van der Waals surface area contributed by atoms with Gasteiger partial charge in [0.15, 0.2) is 0 Å². The van der Waals surface area contributed by atoms with Crippen LogP contribution in [0.15, 0.2) is 33.5 Å². The molecular formula is C15H15NO6. The number of ether oxygens (including phenoxy) is 1. The van der Waals surface area contributed by atoms with Crippen molar-refractivity contribution in [3.05, 3.63) is 40.2 Å². The molecule has 0 spiro atoms. The number of carboxylic acids is 1. The normalized spacial score (nSPS) is 10.4. The van der Waals surface area contributed by atoms with Crippen LogP contribution < -0.4 is 15.7 Å². The Hall–Kier alpha value is -2.83. The average molecular weight is 305 g/mol. The van der Waals surface area contributed by atoms with Gasteiger partial charge in [-0.25, -0.2) is 4.79 Å². The number of rotatable bonds is 6. The van der Waals surface area contributed by atoms with E-state index in [1.807, 2.05) is 0 Å². The van der Waals surface area contributed by atoms with E-state index in [-0.39, 0.29) is 24.9 Å². The Balaban J connectivity index is 2.17. The van der Waals surface area contributed by atoms with Crippen LogP contribution in [-0.2, 0) is 4.79 Å². The lowest BCUT2D eigenvalue weighted by Crippen LogP contribution is -2.29. The molecule has 7 nitrogen and oxygen atoms in total. The van der Waals surface area contributed by atoms with Crippen LogP contribution in [0, 0.1) is 0 Å². The molecule has 2 rings (SSSR count). The van der Waals surface area contributed by atoms with Gasteiger partial charge in [0, 0.05) is 24.4 Å². The fourth-order valence-corrected chi connectivity index (χ4v) is 1.91. The van der Waals surface area contributed by atoms with Gasteiger partial charge in [-0.15, -0.1) is 0 Å². The maximum absolute atomic E-state index is 11.9. The number of nitrogens with one attached hydrogen (secondary N) is 1. The average Bonchev–Trinajstić information content (AvgIpc) is 2.49. The van der Waals surface area contributed by atoms with Crippen molar-refractivity contribution >= 4 is 22.8 Å². The van der Waals surface area contributed by atoms with E-state index in [1.165, 1.54) is 13.2 Å². The summed E-state index contributed by atoms with van der Waals surface area (Å²) in [5, 5.41) is 11.6. The third-order valence-electron chi connectivity index (χ3n) is 3.04. The molecule has 22 heavy (non-hydrogen) atoms. The van der Waals surface area contributed by atoms with Crippen molar-refractivity contribution in [2.45, 2.75) is 12.8 Å². The summed E-state index contributed by atoms with van der Waals surface area (Å²) in [6, 6.07) is 6.37. The minimum Gasteiger partial charge on any atom is -0.497 e. The van der Waals surface area contributed by atoms with Gasteiger partial charge in [0.2, 0.25) is 0 Å². The molecule has 0 aliphatic carbocycles. The SMILES string of the molecule is COc1ccc2cc(C(=O)NCCCC(=O)O)c(=O)oc2c1. The largest absolute Gasteiger partial charge is 0.497 e. The van der Waals surface area contributed by atoms with Crippen LogP contribution in [0.2, 0.25) is 0 Å². The van der Waals surface area contributed by atoms with E-state index in [9.17, 15) is 14.4 Å². The molecule has 0 saturated carbocycles. The molecule has 0 radical (unpaired) electrons. The fraction of sp³-hybridized carbons (Fsp3) is 0.267. The van der Waals surface area contributed by atoms with Crippen molar-refractivity contribution in [3.63, 3.8) is 0 Å². The topological polar surface area (TPSA) is 106 Å². The summed E-state index contributed by atoms with van der Waals surface area (Å²) < 4.78 is 10.1. The number of carboxylic acid groups (broad SMARTS) is 1. The second kappa shape index (κ2) is 6.75. The number of hydrogen-bond donors (Lipinski definition) is 2. The van der Waals surface area contributed by atoms with Crippen LogP contribution in [0.1, 0.15) is 23.2 Å². The molecule has 0 aliphatic rings. The van der Waals surface area contributed by atoms with E-state index >= 15 is 0 Å². The summed E-state index contributed by atoms with van der Waals surface area (Å²) in [7, 11) is 1.50.